The quantitative estimate of drug-likeness (QED) is 0.737. The van der Waals surface area contributed by atoms with Crippen LogP contribution in [0.2, 0.25) is 0 Å². The van der Waals surface area contributed by atoms with Crippen molar-refractivity contribution < 1.29 is 62.6 Å². The predicted octanol–water partition coefficient (Wildman–Crippen LogP) is 1.11. The van der Waals surface area contributed by atoms with Crippen LogP contribution in [-0.2, 0) is 0 Å². The Labute approximate surface area is 158 Å². The second-order valence-corrected chi connectivity index (χ2v) is 5.46. The van der Waals surface area contributed by atoms with E-state index in [1.165, 1.54) is 31.2 Å². The van der Waals surface area contributed by atoms with Gasteiger partial charge in [-0.2, -0.15) is 0 Å². The van der Waals surface area contributed by atoms with Crippen molar-refractivity contribution in [2.45, 2.75) is 31.6 Å². The first kappa shape index (κ1) is 15.3. The van der Waals surface area contributed by atoms with Crippen LogP contribution in [0.4, 0.5) is 4.39 Å². The molecule has 1 aliphatic heterocycles. The molecule has 0 radical (unpaired) electrons. The smallest absolute Gasteiger partial charge is 0.662 e. The Kier molecular flexibility index (Phi) is 6.02. The van der Waals surface area contributed by atoms with Gasteiger partial charge in [-0.3, -0.25) is 0 Å². The number of benzene rings is 1. The first-order valence-electron chi connectivity index (χ1n) is 6.73. The van der Waals surface area contributed by atoms with Gasteiger partial charge in [0.1, 0.15) is 5.82 Å². The van der Waals surface area contributed by atoms with Crippen LogP contribution >= 0.6 is 0 Å². The number of halogens is 1. The van der Waals surface area contributed by atoms with Crippen LogP contribution < -0.4 is 58.2 Å². The van der Waals surface area contributed by atoms with Crippen LogP contribution in [-0.4, -0.2) is 13.1 Å². The van der Waals surface area contributed by atoms with E-state index in [0.717, 1.165) is 19.0 Å². The molecule has 2 fully saturated rings. The zero-order chi connectivity index (χ0) is 11.7. The van der Waals surface area contributed by atoms with Gasteiger partial charge in [-0.05, 0) is 30.0 Å². The molecule has 0 bridgehead atoms. The Hall–Kier alpha value is 0.915. The molecule has 3 atom stereocenters. The van der Waals surface area contributed by atoms with E-state index in [2.05, 4.69) is 5.32 Å². The van der Waals surface area contributed by atoms with Gasteiger partial charge >= 0.3 is 58.2 Å². The van der Waals surface area contributed by atoms with E-state index < -0.39 is 0 Å². The average molecular weight is 318 g/mol. The molecule has 3 heteroatoms. The zero-order valence-corrected chi connectivity index (χ0v) is 16.0. The van der Waals surface area contributed by atoms with Gasteiger partial charge in [0.15, 0.2) is 0 Å². The summed E-state index contributed by atoms with van der Waals surface area (Å²) in [5, 5.41) is 4.59. The maximum atomic E-state index is 13.0. The van der Waals surface area contributed by atoms with Crippen LogP contribution in [0.15, 0.2) is 24.3 Å². The molecule has 3 rings (SSSR count). The van der Waals surface area contributed by atoms with Crippen LogP contribution in [0.3, 0.4) is 0 Å². The zero-order valence-electron chi connectivity index (χ0n) is 11.1. The fourth-order valence-electron chi connectivity index (χ4n) is 3.54. The Bertz CT molecular complexity index is 379. The van der Waals surface area contributed by atoms with Gasteiger partial charge < -0.3 is 5.32 Å². The molecule has 1 aliphatic carbocycles. The minimum Gasteiger partial charge on any atom is -0.662 e. The number of hydrogen-bond donors (Lipinski definition) is 0. The number of fused-ring (bicyclic) bond motifs is 1. The van der Waals surface area contributed by atoms with Gasteiger partial charge in [0.25, 0.3) is 0 Å². The third-order valence-electron chi connectivity index (χ3n) is 4.46. The largest absolute Gasteiger partial charge is 1.00 e. The molecule has 18 heavy (non-hydrogen) atoms. The molecule has 1 nitrogen and oxygen atoms in total. The van der Waals surface area contributed by atoms with Crippen LogP contribution in [0.1, 0.15) is 37.2 Å². The van der Waals surface area contributed by atoms with Crippen molar-refractivity contribution >= 4 is 0 Å². The summed E-state index contributed by atoms with van der Waals surface area (Å²) in [5.74, 6) is 1.97. The summed E-state index contributed by atoms with van der Waals surface area (Å²) in [4.78, 5) is 0. The van der Waals surface area contributed by atoms with Crippen molar-refractivity contribution in [1.29, 1.82) is 0 Å². The van der Waals surface area contributed by atoms with Crippen molar-refractivity contribution in [1.82, 2.24) is 0 Å². The Morgan fingerprint density at radius 2 is 1.72 bits per heavy atom. The molecule has 1 saturated heterocycles. The summed E-state index contributed by atoms with van der Waals surface area (Å²) in [5.41, 5.74) is 1.32. The fraction of sp³-hybridized carbons (Fsp3) is 0.600. The maximum Gasteiger partial charge on any atom is 1.00 e. The normalized spacial score (nSPS) is 31.3. The summed E-state index contributed by atoms with van der Waals surface area (Å²) >= 11 is 0. The molecular formula is C15H19FNRb. The van der Waals surface area contributed by atoms with Crippen LogP contribution in [0.5, 0.6) is 0 Å². The van der Waals surface area contributed by atoms with Gasteiger partial charge in [-0.15, -0.1) is 13.1 Å². The molecular weight excluding hydrogens is 299 g/mol. The van der Waals surface area contributed by atoms with E-state index in [-0.39, 0.29) is 64.0 Å². The third kappa shape index (κ3) is 3.32. The second-order valence-electron chi connectivity index (χ2n) is 5.46. The molecule has 0 amide bonds. The van der Waals surface area contributed by atoms with Gasteiger partial charge in [0.05, 0.1) is 0 Å². The first-order valence-corrected chi connectivity index (χ1v) is 6.73. The molecule has 1 aromatic rings. The van der Waals surface area contributed by atoms with E-state index in [1.54, 1.807) is 12.1 Å². The summed E-state index contributed by atoms with van der Waals surface area (Å²) in [7, 11) is 0. The van der Waals surface area contributed by atoms with E-state index >= 15 is 0 Å². The first-order chi connectivity index (χ1) is 8.34. The monoisotopic (exact) mass is 317 g/mol. The van der Waals surface area contributed by atoms with Gasteiger partial charge in [-0.1, -0.05) is 43.2 Å². The van der Waals surface area contributed by atoms with Crippen molar-refractivity contribution in [2.75, 3.05) is 13.1 Å². The van der Waals surface area contributed by atoms with Crippen molar-refractivity contribution in [3.05, 3.63) is 41.0 Å². The molecule has 1 saturated carbocycles. The molecule has 0 aromatic heterocycles. The Morgan fingerprint density at radius 1 is 1.00 bits per heavy atom. The summed E-state index contributed by atoms with van der Waals surface area (Å²) in [6.45, 7) is 2.08. The number of nitrogens with zero attached hydrogens (tertiary/aromatic N) is 1. The molecule has 0 N–H and O–H groups in total. The maximum absolute atomic E-state index is 13.0. The van der Waals surface area contributed by atoms with Gasteiger partial charge in [0.2, 0.25) is 0 Å². The van der Waals surface area contributed by atoms with E-state index in [4.69, 9.17) is 0 Å². The fourth-order valence-corrected chi connectivity index (χ4v) is 3.54. The van der Waals surface area contributed by atoms with E-state index in [1.807, 2.05) is 12.1 Å². The molecule has 1 aromatic carbocycles. The van der Waals surface area contributed by atoms with Crippen molar-refractivity contribution in [3.63, 3.8) is 0 Å². The van der Waals surface area contributed by atoms with Crippen molar-refractivity contribution in [3.8, 4) is 0 Å². The standard InChI is InChI=1S/C15H19FN.Rb/c16-13-7-5-11(6-8-13)14-4-2-1-3-12-9-17-10-15(12)14;/h5-8,12,14-15H,1-4,9-10H2;/q-1;+1. The summed E-state index contributed by atoms with van der Waals surface area (Å²) in [6, 6.07) is 7.14. The SMILES string of the molecule is Fc1ccc(C2CCCCC3C[N-]CC32)cc1.[Rb+]. The van der Waals surface area contributed by atoms with E-state index in [0.29, 0.717) is 11.8 Å². The minimum absolute atomic E-state index is 0. The van der Waals surface area contributed by atoms with Gasteiger partial charge in [0, 0.05) is 0 Å². The topological polar surface area (TPSA) is 14.1 Å². The predicted molar refractivity (Wildman–Crippen MR) is 67.7 cm³/mol. The minimum atomic E-state index is -0.130. The molecule has 2 aliphatic rings. The summed E-state index contributed by atoms with van der Waals surface area (Å²) < 4.78 is 13.0. The summed E-state index contributed by atoms with van der Waals surface area (Å²) in [6.07, 6.45) is 5.25. The molecule has 1 heterocycles. The number of rotatable bonds is 1. The molecule has 92 valence electrons. The number of hydrogen-bond acceptors (Lipinski definition) is 0. The molecule has 0 spiro atoms. The Balaban J connectivity index is 0.00000120. The van der Waals surface area contributed by atoms with Crippen molar-refractivity contribution in [2.24, 2.45) is 11.8 Å². The molecule has 3 unspecified atom stereocenters. The van der Waals surface area contributed by atoms with Crippen LogP contribution in [0.25, 0.3) is 5.32 Å². The Morgan fingerprint density at radius 3 is 2.50 bits per heavy atom. The third-order valence-corrected chi connectivity index (χ3v) is 4.46. The second kappa shape index (κ2) is 7.08. The average Bonchev–Trinajstić information content (AvgIpc) is 2.71. The van der Waals surface area contributed by atoms with Crippen LogP contribution in [0, 0.1) is 17.7 Å². The van der Waals surface area contributed by atoms with Gasteiger partial charge in [-0.25, -0.2) is 4.39 Å². The van der Waals surface area contributed by atoms with E-state index in [9.17, 15) is 4.39 Å².